The van der Waals surface area contributed by atoms with Crippen molar-refractivity contribution in [1.82, 2.24) is 19.6 Å². The van der Waals surface area contributed by atoms with E-state index in [2.05, 4.69) is 15.2 Å². The third-order valence-corrected chi connectivity index (χ3v) is 2.37. The molecule has 3 aromatic heterocycles. The van der Waals surface area contributed by atoms with Crippen molar-refractivity contribution in [2.45, 2.75) is 6.92 Å². The topological polar surface area (TPSA) is 43.1 Å². The van der Waals surface area contributed by atoms with E-state index in [9.17, 15) is 0 Å². The van der Waals surface area contributed by atoms with E-state index in [0.29, 0.717) is 0 Å². The average molecular weight is 184 g/mol. The van der Waals surface area contributed by atoms with E-state index in [1.54, 1.807) is 6.20 Å². The monoisotopic (exact) mass is 184 g/mol. The van der Waals surface area contributed by atoms with Crippen LogP contribution in [0.15, 0.2) is 30.7 Å². The zero-order valence-corrected chi connectivity index (χ0v) is 7.68. The van der Waals surface area contributed by atoms with E-state index in [1.807, 2.05) is 35.9 Å². The zero-order chi connectivity index (χ0) is 9.54. The van der Waals surface area contributed by atoms with Crippen LogP contribution in [0.3, 0.4) is 0 Å². The molecule has 0 amide bonds. The highest BCUT2D eigenvalue weighted by atomic mass is 15.2. The minimum absolute atomic E-state index is 0.869. The maximum atomic E-state index is 4.12. The van der Waals surface area contributed by atoms with Crippen LogP contribution in [0.4, 0.5) is 0 Å². The molecule has 0 unspecified atom stereocenters. The van der Waals surface area contributed by atoms with Crippen molar-refractivity contribution in [2.24, 2.45) is 0 Å². The Hall–Kier alpha value is -1.97. The summed E-state index contributed by atoms with van der Waals surface area (Å²) in [5.41, 5.74) is 0.869. The molecule has 68 valence electrons. The Kier molecular flexibility index (Phi) is 1.33. The molecule has 0 saturated heterocycles. The lowest BCUT2D eigenvalue weighted by Crippen LogP contribution is -1.88. The van der Waals surface area contributed by atoms with Crippen LogP contribution in [0.5, 0.6) is 0 Å². The van der Waals surface area contributed by atoms with Crippen molar-refractivity contribution in [3.05, 3.63) is 36.5 Å². The molecule has 3 aromatic rings. The Morgan fingerprint density at radius 2 is 2.14 bits per heavy atom. The van der Waals surface area contributed by atoms with Gasteiger partial charge < -0.3 is 0 Å². The fourth-order valence-electron chi connectivity index (χ4n) is 1.62. The van der Waals surface area contributed by atoms with Crippen LogP contribution in [-0.4, -0.2) is 19.6 Å². The lowest BCUT2D eigenvalue weighted by atomic mass is 10.2. The number of rotatable bonds is 0. The van der Waals surface area contributed by atoms with Crippen LogP contribution in [0.25, 0.3) is 16.4 Å². The molecule has 0 N–H and O–H groups in total. The van der Waals surface area contributed by atoms with E-state index >= 15 is 0 Å². The van der Waals surface area contributed by atoms with E-state index in [1.165, 1.54) is 0 Å². The van der Waals surface area contributed by atoms with Gasteiger partial charge in [-0.25, -0.2) is 0 Å². The molecular formula is C10H8N4. The molecule has 0 aliphatic carbocycles. The first kappa shape index (κ1) is 7.44. The Balaban J connectivity index is 2.61. The molecule has 0 spiro atoms. The normalized spacial score (nSPS) is 11.2. The second kappa shape index (κ2) is 2.51. The molecule has 0 aliphatic rings. The summed E-state index contributed by atoms with van der Waals surface area (Å²) in [6, 6.07) is 4.01. The molecule has 4 nitrogen and oxygen atoms in total. The van der Waals surface area contributed by atoms with Crippen molar-refractivity contribution >= 4 is 16.4 Å². The molecule has 0 aliphatic heterocycles. The Morgan fingerprint density at radius 3 is 3.07 bits per heavy atom. The third-order valence-electron chi connectivity index (χ3n) is 2.37. The van der Waals surface area contributed by atoms with Gasteiger partial charge in [-0.2, -0.15) is 0 Å². The van der Waals surface area contributed by atoms with E-state index in [0.717, 1.165) is 22.2 Å². The van der Waals surface area contributed by atoms with Gasteiger partial charge in [0.1, 0.15) is 5.82 Å². The van der Waals surface area contributed by atoms with E-state index in [-0.39, 0.29) is 0 Å². The molecule has 14 heavy (non-hydrogen) atoms. The van der Waals surface area contributed by atoms with E-state index in [4.69, 9.17) is 0 Å². The molecule has 3 rings (SSSR count). The van der Waals surface area contributed by atoms with Crippen molar-refractivity contribution in [1.29, 1.82) is 0 Å². The minimum Gasteiger partial charge on any atom is -0.286 e. The number of nitrogens with zero attached hydrogens (tertiary/aromatic N) is 4. The van der Waals surface area contributed by atoms with Crippen LogP contribution in [0, 0.1) is 6.92 Å². The van der Waals surface area contributed by atoms with E-state index < -0.39 is 0 Å². The standard InChI is InChI=1S/C10H8N4/c1-7-12-13-10-9-6-11-4-2-8(9)3-5-14(7)10/h2-6H,1H3. The smallest absolute Gasteiger partial charge is 0.170 e. The van der Waals surface area contributed by atoms with Crippen LogP contribution >= 0.6 is 0 Å². The van der Waals surface area contributed by atoms with Crippen molar-refractivity contribution < 1.29 is 0 Å². The number of aryl methyl sites for hydroxylation is 1. The Morgan fingerprint density at radius 1 is 1.21 bits per heavy atom. The molecule has 0 fully saturated rings. The second-order valence-electron chi connectivity index (χ2n) is 3.22. The second-order valence-corrected chi connectivity index (χ2v) is 3.22. The predicted octanol–water partition coefficient (Wildman–Crippen LogP) is 1.59. The first-order chi connectivity index (χ1) is 6.86. The highest BCUT2D eigenvalue weighted by Crippen LogP contribution is 2.17. The molecule has 0 radical (unpaired) electrons. The van der Waals surface area contributed by atoms with Gasteiger partial charge in [-0.15, -0.1) is 10.2 Å². The number of hydrogen-bond donors (Lipinski definition) is 0. The summed E-state index contributed by atoms with van der Waals surface area (Å²) < 4.78 is 1.96. The van der Waals surface area contributed by atoms with Crippen LogP contribution in [0.1, 0.15) is 5.82 Å². The summed E-state index contributed by atoms with van der Waals surface area (Å²) in [5.74, 6) is 0.894. The molecule has 4 heteroatoms. The Labute approximate surface area is 80.2 Å². The minimum atomic E-state index is 0.869. The number of pyridine rings is 2. The van der Waals surface area contributed by atoms with Gasteiger partial charge in [0.25, 0.3) is 0 Å². The first-order valence-corrected chi connectivity index (χ1v) is 4.40. The number of aromatic nitrogens is 4. The number of fused-ring (bicyclic) bond motifs is 3. The lowest BCUT2D eigenvalue weighted by molar-refractivity contribution is 1.01. The maximum Gasteiger partial charge on any atom is 0.170 e. The fourth-order valence-corrected chi connectivity index (χ4v) is 1.62. The van der Waals surface area contributed by atoms with Gasteiger partial charge in [0, 0.05) is 24.0 Å². The van der Waals surface area contributed by atoms with Crippen molar-refractivity contribution in [3.63, 3.8) is 0 Å². The van der Waals surface area contributed by atoms with Gasteiger partial charge in [0.2, 0.25) is 0 Å². The maximum absolute atomic E-state index is 4.12. The zero-order valence-electron chi connectivity index (χ0n) is 7.68. The SMILES string of the molecule is Cc1nnc2c3cnccc3ccn12. The molecular weight excluding hydrogens is 176 g/mol. The molecule has 0 bridgehead atoms. The highest BCUT2D eigenvalue weighted by molar-refractivity contribution is 5.92. The van der Waals surface area contributed by atoms with Gasteiger partial charge in [0.15, 0.2) is 5.65 Å². The third kappa shape index (κ3) is 0.849. The van der Waals surface area contributed by atoms with Gasteiger partial charge in [0.05, 0.1) is 0 Å². The van der Waals surface area contributed by atoms with Crippen molar-refractivity contribution in [2.75, 3.05) is 0 Å². The molecule has 3 heterocycles. The Bertz CT molecular complexity index is 612. The van der Waals surface area contributed by atoms with Crippen LogP contribution in [0.2, 0.25) is 0 Å². The van der Waals surface area contributed by atoms with Gasteiger partial charge in [-0.1, -0.05) is 0 Å². The lowest BCUT2D eigenvalue weighted by Gasteiger charge is -1.98. The summed E-state index contributed by atoms with van der Waals surface area (Å²) in [6.45, 7) is 1.93. The summed E-state index contributed by atoms with van der Waals surface area (Å²) >= 11 is 0. The molecule has 0 saturated carbocycles. The predicted molar refractivity (Wildman–Crippen MR) is 53.0 cm³/mol. The molecule has 0 atom stereocenters. The van der Waals surface area contributed by atoms with Gasteiger partial charge >= 0.3 is 0 Å². The first-order valence-electron chi connectivity index (χ1n) is 4.40. The summed E-state index contributed by atoms with van der Waals surface area (Å²) in [7, 11) is 0. The summed E-state index contributed by atoms with van der Waals surface area (Å²) in [5, 5.41) is 10.3. The average Bonchev–Trinajstić information content (AvgIpc) is 2.61. The summed E-state index contributed by atoms with van der Waals surface area (Å²) in [4.78, 5) is 4.09. The quantitative estimate of drug-likeness (QED) is 0.532. The van der Waals surface area contributed by atoms with Gasteiger partial charge in [-0.3, -0.25) is 9.38 Å². The van der Waals surface area contributed by atoms with Crippen molar-refractivity contribution in [3.8, 4) is 0 Å². The fraction of sp³-hybridized carbons (Fsp3) is 0.100. The molecule has 0 aromatic carbocycles. The van der Waals surface area contributed by atoms with Gasteiger partial charge in [-0.05, 0) is 24.4 Å². The highest BCUT2D eigenvalue weighted by Gasteiger charge is 2.04. The number of hydrogen-bond acceptors (Lipinski definition) is 3. The van der Waals surface area contributed by atoms with Crippen LogP contribution < -0.4 is 0 Å². The van der Waals surface area contributed by atoms with Crippen LogP contribution in [-0.2, 0) is 0 Å². The largest absolute Gasteiger partial charge is 0.286 e. The summed E-state index contributed by atoms with van der Waals surface area (Å²) in [6.07, 6.45) is 5.58.